The number of nitrogens with two attached hydrogens (primary N) is 1. The summed E-state index contributed by atoms with van der Waals surface area (Å²) in [6.45, 7) is 3.71. The van der Waals surface area contributed by atoms with Crippen LogP contribution in [0, 0.1) is 13.8 Å². The number of halogens is 1. The van der Waals surface area contributed by atoms with Gasteiger partial charge < -0.3 is 11.1 Å². The molecule has 0 saturated heterocycles. The van der Waals surface area contributed by atoms with E-state index in [-0.39, 0.29) is 16.7 Å². The minimum atomic E-state index is -0.337. The summed E-state index contributed by atoms with van der Waals surface area (Å²) in [5, 5.41) is 2.97. The summed E-state index contributed by atoms with van der Waals surface area (Å²) in [7, 11) is 0. The smallest absolute Gasteiger partial charge is 0.257 e. The summed E-state index contributed by atoms with van der Waals surface area (Å²) >= 11 is 5.76. The molecule has 2 aromatic rings. The van der Waals surface area contributed by atoms with Gasteiger partial charge in [0.15, 0.2) is 0 Å². The number of rotatable bonds is 2. The Balaban J connectivity index is 2.28. The van der Waals surface area contributed by atoms with Crippen LogP contribution in [0.3, 0.4) is 0 Å². The van der Waals surface area contributed by atoms with Crippen LogP contribution in [0.25, 0.3) is 0 Å². The van der Waals surface area contributed by atoms with Gasteiger partial charge in [-0.3, -0.25) is 9.78 Å². The number of hydrogen-bond acceptors (Lipinski definition) is 4. The lowest BCUT2D eigenvalue weighted by Gasteiger charge is -2.09. The number of hydrogen-bond donors (Lipinski definition) is 2. The Hall–Kier alpha value is -2.14. The van der Waals surface area contributed by atoms with E-state index in [4.69, 9.17) is 17.3 Å². The van der Waals surface area contributed by atoms with Crippen LogP contribution in [0.1, 0.15) is 21.7 Å². The number of aromatic nitrogens is 2. The van der Waals surface area contributed by atoms with Crippen molar-refractivity contribution < 1.29 is 4.79 Å². The van der Waals surface area contributed by atoms with Gasteiger partial charge in [-0.2, -0.15) is 0 Å². The van der Waals surface area contributed by atoms with Gasteiger partial charge in [-0.1, -0.05) is 11.6 Å². The molecular weight excluding hydrogens is 264 g/mol. The third-order valence-corrected chi connectivity index (χ3v) is 2.83. The van der Waals surface area contributed by atoms with Gasteiger partial charge in [0.25, 0.3) is 5.91 Å². The average Bonchev–Trinajstić information content (AvgIpc) is 2.35. The lowest BCUT2D eigenvalue weighted by atomic mass is 10.2. The van der Waals surface area contributed by atoms with Gasteiger partial charge in [0, 0.05) is 5.69 Å². The number of carbonyl (C=O) groups excluding carboxylic acids is 1. The van der Waals surface area contributed by atoms with Crippen molar-refractivity contribution in [3.05, 3.63) is 46.5 Å². The standard InChI is InChI=1S/C13H13ClN4O/c1-7-3-4-11(8(2)17-7)18-13(19)9-5-12(14)16-6-10(9)15/h3-6H,15H2,1-2H3,(H,18,19). The molecule has 0 fully saturated rings. The van der Waals surface area contributed by atoms with Crippen LogP contribution in [0.4, 0.5) is 11.4 Å². The Morgan fingerprint density at radius 2 is 2.11 bits per heavy atom. The van der Waals surface area contributed by atoms with E-state index in [9.17, 15) is 4.79 Å². The molecule has 0 bridgehead atoms. The number of nitrogen functional groups attached to an aromatic ring is 1. The molecule has 1 amide bonds. The highest BCUT2D eigenvalue weighted by Gasteiger charge is 2.12. The van der Waals surface area contributed by atoms with Gasteiger partial charge >= 0.3 is 0 Å². The monoisotopic (exact) mass is 276 g/mol. The highest BCUT2D eigenvalue weighted by atomic mass is 35.5. The van der Waals surface area contributed by atoms with E-state index in [2.05, 4.69) is 15.3 Å². The van der Waals surface area contributed by atoms with E-state index >= 15 is 0 Å². The first-order valence-corrected chi connectivity index (χ1v) is 6.02. The van der Waals surface area contributed by atoms with Crippen molar-refractivity contribution in [3.8, 4) is 0 Å². The van der Waals surface area contributed by atoms with Gasteiger partial charge in [0.05, 0.1) is 28.8 Å². The van der Waals surface area contributed by atoms with Crippen molar-refractivity contribution in [1.29, 1.82) is 0 Å². The van der Waals surface area contributed by atoms with Crippen molar-refractivity contribution in [3.63, 3.8) is 0 Å². The van der Waals surface area contributed by atoms with E-state index in [1.807, 2.05) is 19.9 Å². The average molecular weight is 277 g/mol. The first kappa shape index (κ1) is 13.3. The number of anilines is 2. The summed E-state index contributed by atoms with van der Waals surface area (Å²) in [6, 6.07) is 5.06. The van der Waals surface area contributed by atoms with Gasteiger partial charge in [-0.25, -0.2) is 4.98 Å². The molecule has 0 unspecified atom stereocenters. The Morgan fingerprint density at radius 3 is 2.79 bits per heavy atom. The second-order valence-corrected chi connectivity index (χ2v) is 4.52. The summed E-state index contributed by atoms with van der Waals surface area (Å²) < 4.78 is 0. The van der Waals surface area contributed by atoms with E-state index in [1.165, 1.54) is 12.3 Å². The van der Waals surface area contributed by atoms with Crippen molar-refractivity contribution in [2.24, 2.45) is 0 Å². The Morgan fingerprint density at radius 1 is 1.37 bits per heavy atom. The molecule has 2 rings (SSSR count). The molecule has 2 heterocycles. The van der Waals surface area contributed by atoms with E-state index < -0.39 is 0 Å². The fourth-order valence-corrected chi connectivity index (χ4v) is 1.80. The molecule has 0 aliphatic rings. The zero-order valence-corrected chi connectivity index (χ0v) is 11.3. The lowest BCUT2D eigenvalue weighted by molar-refractivity contribution is 0.102. The second kappa shape index (κ2) is 5.24. The van der Waals surface area contributed by atoms with E-state index in [0.717, 1.165) is 11.4 Å². The van der Waals surface area contributed by atoms with Crippen LogP contribution in [0.15, 0.2) is 24.4 Å². The summed E-state index contributed by atoms with van der Waals surface area (Å²) in [6.07, 6.45) is 1.36. The van der Waals surface area contributed by atoms with Crippen molar-refractivity contribution >= 4 is 28.9 Å². The molecule has 0 aliphatic carbocycles. The van der Waals surface area contributed by atoms with Crippen LogP contribution in [-0.4, -0.2) is 15.9 Å². The van der Waals surface area contributed by atoms with Crippen LogP contribution in [0.2, 0.25) is 5.15 Å². The number of carbonyl (C=O) groups is 1. The first-order valence-electron chi connectivity index (χ1n) is 5.64. The third-order valence-electron chi connectivity index (χ3n) is 2.62. The molecule has 3 N–H and O–H groups in total. The topological polar surface area (TPSA) is 80.9 Å². The molecule has 19 heavy (non-hydrogen) atoms. The molecule has 0 spiro atoms. The van der Waals surface area contributed by atoms with E-state index in [1.54, 1.807) is 6.07 Å². The summed E-state index contributed by atoms with van der Waals surface area (Å²) in [5.41, 5.74) is 8.55. The van der Waals surface area contributed by atoms with Crippen molar-refractivity contribution in [1.82, 2.24) is 9.97 Å². The number of aryl methyl sites for hydroxylation is 2. The minimum Gasteiger partial charge on any atom is -0.397 e. The van der Waals surface area contributed by atoms with Gasteiger partial charge in [-0.15, -0.1) is 0 Å². The van der Waals surface area contributed by atoms with Crippen LogP contribution >= 0.6 is 11.6 Å². The fraction of sp³-hybridized carbons (Fsp3) is 0.154. The second-order valence-electron chi connectivity index (χ2n) is 4.13. The number of amides is 1. The summed E-state index contributed by atoms with van der Waals surface area (Å²) in [4.78, 5) is 20.2. The molecule has 0 atom stereocenters. The molecule has 98 valence electrons. The van der Waals surface area contributed by atoms with E-state index in [0.29, 0.717) is 11.3 Å². The Labute approximate surface area is 115 Å². The molecule has 5 nitrogen and oxygen atoms in total. The molecule has 0 aliphatic heterocycles. The molecular formula is C13H13ClN4O. The summed E-state index contributed by atoms with van der Waals surface area (Å²) in [5.74, 6) is -0.337. The SMILES string of the molecule is Cc1ccc(NC(=O)c2cc(Cl)ncc2N)c(C)n1. The molecule has 0 saturated carbocycles. The van der Waals surface area contributed by atoms with Crippen LogP contribution in [0.5, 0.6) is 0 Å². The fourth-order valence-electron chi connectivity index (χ4n) is 1.65. The zero-order valence-electron chi connectivity index (χ0n) is 10.6. The first-order chi connectivity index (χ1) is 8.97. The van der Waals surface area contributed by atoms with Gasteiger partial charge in [0.1, 0.15) is 5.15 Å². The van der Waals surface area contributed by atoms with Crippen LogP contribution in [-0.2, 0) is 0 Å². The maximum atomic E-state index is 12.1. The Kier molecular flexibility index (Phi) is 3.66. The highest BCUT2D eigenvalue weighted by Crippen LogP contribution is 2.18. The predicted molar refractivity (Wildman–Crippen MR) is 75.3 cm³/mol. The quantitative estimate of drug-likeness (QED) is 0.826. The Bertz CT molecular complexity index is 643. The zero-order chi connectivity index (χ0) is 14.0. The maximum absolute atomic E-state index is 12.1. The van der Waals surface area contributed by atoms with Gasteiger partial charge in [-0.05, 0) is 32.0 Å². The molecule has 6 heteroatoms. The highest BCUT2D eigenvalue weighted by molar-refractivity contribution is 6.30. The normalized spacial score (nSPS) is 10.3. The largest absolute Gasteiger partial charge is 0.397 e. The van der Waals surface area contributed by atoms with Gasteiger partial charge in [0.2, 0.25) is 0 Å². The maximum Gasteiger partial charge on any atom is 0.257 e. The number of pyridine rings is 2. The van der Waals surface area contributed by atoms with Crippen molar-refractivity contribution in [2.75, 3.05) is 11.1 Å². The third kappa shape index (κ3) is 3.00. The van der Waals surface area contributed by atoms with Crippen molar-refractivity contribution in [2.45, 2.75) is 13.8 Å². The minimum absolute atomic E-state index is 0.220. The number of nitrogens with one attached hydrogen (secondary N) is 1. The predicted octanol–water partition coefficient (Wildman–Crippen LogP) is 2.58. The molecule has 0 radical (unpaired) electrons. The number of nitrogens with zero attached hydrogens (tertiary/aromatic N) is 2. The van der Waals surface area contributed by atoms with Crippen LogP contribution < -0.4 is 11.1 Å². The lowest BCUT2D eigenvalue weighted by Crippen LogP contribution is -2.15. The molecule has 0 aromatic carbocycles. The molecule has 2 aromatic heterocycles.